The van der Waals surface area contributed by atoms with Gasteiger partial charge in [0.05, 0.1) is 6.54 Å². The van der Waals surface area contributed by atoms with Gasteiger partial charge in [-0.1, -0.05) is 6.92 Å². The molecule has 0 unspecified atom stereocenters. The highest BCUT2D eigenvalue weighted by atomic mass is 16.5. The zero-order chi connectivity index (χ0) is 11.2. The largest absolute Gasteiger partial charge is 0.381 e. The summed E-state index contributed by atoms with van der Waals surface area (Å²) in [5.74, 6) is 1.90. The molecule has 1 fully saturated rings. The van der Waals surface area contributed by atoms with Crippen LogP contribution in [0, 0.1) is 5.92 Å². The van der Waals surface area contributed by atoms with Gasteiger partial charge in [0.1, 0.15) is 5.82 Å². The summed E-state index contributed by atoms with van der Waals surface area (Å²) in [4.78, 5) is 4.39. The van der Waals surface area contributed by atoms with E-state index in [-0.39, 0.29) is 0 Å². The van der Waals surface area contributed by atoms with Crippen LogP contribution in [0.5, 0.6) is 0 Å². The summed E-state index contributed by atoms with van der Waals surface area (Å²) in [6.45, 7) is 6.90. The van der Waals surface area contributed by atoms with Crippen molar-refractivity contribution < 1.29 is 4.74 Å². The molecule has 1 aromatic rings. The lowest BCUT2D eigenvalue weighted by Gasteiger charge is -2.23. The second-order valence-electron chi connectivity index (χ2n) is 4.33. The topological polar surface area (TPSA) is 39.1 Å². The first-order valence-electron chi connectivity index (χ1n) is 6.18. The quantitative estimate of drug-likeness (QED) is 0.820. The summed E-state index contributed by atoms with van der Waals surface area (Å²) < 4.78 is 7.65. The van der Waals surface area contributed by atoms with E-state index in [9.17, 15) is 0 Å². The van der Waals surface area contributed by atoms with E-state index in [4.69, 9.17) is 4.74 Å². The van der Waals surface area contributed by atoms with E-state index < -0.39 is 0 Å². The maximum absolute atomic E-state index is 5.38. The molecule has 0 bridgehead atoms. The van der Waals surface area contributed by atoms with E-state index in [1.165, 1.54) is 12.8 Å². The summed E-state index contributed by atoms with van der Waals surface area (Å²) in [7, 11) is 0. The van der Waals surface area contributed by atoms with E-state index in [0.29, 0.717) is 0 Å². The van der Waals surface area contributed by atoms with Gasteiger partial charge in [-0.3, -0.25) is 0 Å². The Morgan fingerprint density at radius 2 is 2.31 bits per heavy atom. The maximum Gasteiger partial charge on any atom is 0.122 e. The van der Waals surface area contributed by atoms with Crippen LogP contribution >= 0.6 is 0 Å². The monoisotopic (exact) mass is 223 g/mol. The Morgan fingerprint density at radius 1 is 1.50 bits per heavy atom. The van der Waals surface area contributed by atoms with Gasteiger partial charge in [0.25, 0.3) is 0 Å². The minimum absolute atomic E-state index is 0.753. The van der Waals surface area contributed by atoms with Crippen molar-refractivity contribution in [3.63, 3.8) is 0 Å². The van der Waals surface area contributed by atoms with Crippen molar-refractivity contribution in [2.45, 2.75) is 32.9 Å². The van der Waals surface area contributed by atoms with Crippen LogP contribution in [0.1, 0.15) is 25.6 Å². The minimum atomic E-state index is 0.753. The van der Waals surface area contributed by atoms with Crippen LogP contribution in [0.25, 0.3) is 0 Å². The number of aromatic nitrogens is 2. The van der Waals surface area contributed by atoms with Gasteiger partial charge in [0, 0.05) is 32.2 Å². The fourth-order valence-corrected chi connectivity index (χ4v) is 2.12. The fraction of sp³-hybridized carbons (Fsp3) is 0.750. The van der Waals surface area contributed by atoms with Gasteiger partial charge in [0.2, 0.25) is 0 Å². The molecule has 1 aliphatic rings. The lowest BCUT2D eigenvalue weighted by atomic mass is 10.0. The molecule has 2 rings (SSSR count). The van der Waals surface area contributed by atoms with Crippen molar-refractivity contribution in [2.75, 3.05) is 19.8 Å². The van der Waals surface area contributed by atoms with Crippen LogP contribution in [0.3, 0.4) is 0 Å². The van der Waals surface area contributed by atoms with Crippen molar-refractivity contribution in [1.82, 2.24) is 14.9 Å². The second-order valence-corrected chi connectivity index (χ2v) is 4.33. The third-order valence-corrected chi connectivity index (χ3v) is 3.13. The molecule has 1 N–H and O–H groups in total. The summed E-state index contributed by atoms with van der Waals surface area (Å²) in [6.07, 6.45) is 6.34. The minimum Gasteiger partial charge on any atom is -0.381 e. The molecule has 0 atom stereocenters. The Labute approximate surface area is 97.0 Å². The SMILES string of the molecule is CCNCc1nccn1CC1CCOCC1. The van der Waals surface area contributed by atoms with Gasteiger partial charge in [0.15, 0.2) is 0 Å². The number of imidazole rings is 1. The second kappa shape index (κ2) is 6.01. The Morgan fingerprint density at radius 3 is 3.06 bits per heavy atom. The summed E-state index contributed by atoms with van der Waals surface area (Å²) in [6, 6.07) is 0. The molecule has 1 aliphatic heterocycles. The van der Waals surface area contributed by atoms with E-state index in [1.807, 2.05) is 6.20 Å². The number of nitrogens with one attached hydrogen (secondary N) is 1. The zero-order valence-corrected chi connectivity index (χ0v) is 9.98. The van der Waals surface area contributed by atoms with Gasteiger partial charge >= 0.3 is 0 Å². The highest BCUT2D eigenvalue weighted by Crippen LogP contribution is 2.17. The molecule has 1 saturated heterocycles. The van der Waals surface area contributed by atoms with E-state index in [0.717, 1.165) is 44.6 Å². The van der Waals surface area contributed by atoms with Gasteiger partial charge < -0.3 is 14.6 Å². The Kier molecular flexibility index (Phi) is 4.36. The predicted molar refractivity (Wildman–Crippen MR) is 63.2 cm³/mol. The molecular weight excluding hydrogens is 202 g/mol. The Bertz CT molecular complexity index is 305. The van der Waals surface area contributed by atoms with Crippen LogP contribution < -0.4 is 5.32 Å². The molecule has 90 valence electrons. The maximum atomic E-state index is 5.38. The molecule has 0 spiro atoms. The number of hydrogen-bond acceptors (Lipinski definition) is 3. The lowest BCUT2D eigenvalue weighted by molar-refractivity contribution is 0.0610. The average molecular weight is 223 g/mol. The first-order chi connectivity index (χ1) is 7.90. The van der Waals surface area contributed by atoms with E-state index >= 15 is 0 Å². The van der Waals surface area contributed by atoms with Gasteiger partial charge in [-0.25, -0.2) is 4.98 Å². The number of nitrogens with zero attached hydrogens (tertiary/aromatic N) is 2. The smallest absolute Gasteiger partial charge is 0.122 e. The fourth-order valence-electron chi connectivity index (χ4n) is 2.12. The summed E-state index contributed by atoms with van der Waals surface area (Å²) in [5.41, 5.74) is 0. The highest BCUT2D eigenvalue weighted by Gasteiger charge is 2.15. The van der Waals surface area contributed by atoms with Crippen molar-refractivity contribution >= 4 is 0 Å². The number of hydrogen-bond donors (Lipinski definition) is 1. The van der Waals surface area contributed by atoms with Gasteiger partial charge in [-0.05, 0) is 25.3 Å². The van der Waals surface area contributed by atoms with Gasteiger partial charge in [-0.2, -0.15) is 0 Å². The Balaban J connectivity index is 1.89. The van der Waals surface area contributed by atoms with Crippen molar-refractivity contribution in [3.8, 4) is 0 Å². The van der Waals surface area contributed by atoms with Crippen LogP contribution in [-0.2, 0) is 17.8 Å². The molecule has 16 heavy (non-hydrogen) atoms. The average Bonchev–Trinajstić information content (AvgIpc) is 2.75. The standard InChI is InChI=1S/C12H21N3O/c1-2-13-9-12-14-5-6-15(12)10-11-3-7-16-8-4-11/h5-6,11,13H,2-4,7-10H2,1H3. The number of rotatable bonds is 5. The molecule has 0 aliphatic carbocycles. The summed E-state index contributed by atoms with van der Waals surface area (Å²) >= 11 is 0. The summed E-state index contributed by atoms with van der Waals surface area (Å²) in [5, 5.41) is 3.32. The predicted octanol–water partition coefficient (Wildman–Crippen LogP) is 1.42. The molecule has 1 aromatic heterocycles. The Hall–Kier alpha value is -0.870. The zero-order valence-electron chi connectivity index (χ0n) is 9.98. The molecule has 4 heteroatoms. The molecule has 0 amide bonds. The van der Waals surface area contributed by atoms with E-state index in [2.05, 4.69) is 28.0 Å². The molecule has 0 aromatic carbocycles. The van der Waals surface area contributed by atoms with Crippen molar-refractivity contribution in [1.29, 1.82) is 0 Å². The highest BCUT2D eigenvalue weighted by molar-refractivity contribution is 4.92. The normalized spacial score (nSPS) is 17.8. The molecule has 2 heterocycles. The third-order valence-electron chi connectivity index (χ3n) is 3.13. The van der Waals surface area contributed by atoms with Crippen molar-refractivity contribution in [2.24, 2.45) is 5.92 Å². The van der Waals surface area contributed by atoms with Gasteiger partial charge in [-0.15, -0.1) is 0 Å². The van der Waals surface area contributed by atoms with Crippen LogP contribution in [0.15, 0.2) is 12.4 Å². The first-order valence-corrected chi connectivity index (χ1v) is 6.18. The van der Waals surface area contributed by atoms with E-state index in [1.54, 1.807) is 0 Å². The number of ether oxygens (including phenoxy) is 1. The first kappa shape index (κ1) is 11.6. The molecule has 4 nitrogen and oxygen atoms in total. The van der Waals surface area contributed by atoms with Crippen LogP contribution in [-0.4, -0.2) is 29.3 Å². The van der Waals surface area contributed by atoms with Crippen molar-refractivity contribution in [3.05, 3.63) is 18.2 Å². The van der Waals surface area contributed by atoms with Crippen LogP contribution in [0.4, 0.5) is 0 Å². The molecule has 0 radical (unpaired) electrons. The molecule has 0 saturated carbocycles. The lowest BCUT2D eigenvalue weighted by Crippen LogP contribution is -2.23. The van der Waals surface area contributed by atoms with Crippen LogP contribution in [0.2, 0.25) is 0 Å². The molecular formula is C12H21N3O. The third kappa shape index (κ3) is 3.06.